The lowest BCUT2D eigenvalue weighted by Crippen LogP contribution is -2.29. The molecule has 0 aliphatic rings. The van der Waals surface area contributed by atoms with Crippen molar-refractivity contribution in [2.45, 2.75) is 347 Å². The number of phosphoric acid groups is 1. The molecule has 0 heterocycles. The number of allylic oxidation sites excluding steroid dienone is 2. The maximum absolute atomic E-state index is 12.7. The van der Waals surface area contributed by atoms with Crippen LogP contribution in [0.5, 0.6) is 0 Å². The molecule has 0 radical (unpaired) electrons. The molecule has 0 spiro atoms. The highest BCUT2D eigenvalue weighted by Gasteiger charge is 2.26. The molecule has 0 aromatic carbocycles. The molecule has 10 heteroatoms. The topological polar surface area (TPSA) is 134 Å². The predicted molar refractivity (Wildman–Crippen MR) is 308 cm³/mol. The first-order valence-electron chi connectivity index (χ1n) is 31.7. The third-order valence-corrected chi connectivity index (χ3v) is 15.4. The molecule has 0 amide bonds. The molecule has 2 atom stereocenters. The lowest BCUT2D eigenvalue weighted by Gasteiger charge is -2.19. The van der Waals surface area contributed by atoms with Crippen LogP contribution in [0.1, 0.15) is 341 Å². The zero-order chi connectivity index (χ0) is 52.4. The fourth-order valence-corrected chi connectivity index (χ4v) is 10.5. The number of hydrogen-bond donors (Lipinski definition) is 2. The summed E-state index contributed by atoms with van der Waals surface area (Å²) in [6.07, 6.45) is 68.8. The standard InChI is InChI=1S/C62H122NO8P/c1-3-5-7-9-11-13-15-17-19-20-21-22-23-24-25-26-27-28-29-30-31-32-33-34-35-36-37-38-39-40-41-43-45-47-49-51-53-55-62(65)71-60(59-70-72(66,67)69-57-56-63)58-68-61(64)54-52-50-48-46-44-42-18-16-14-12-10-8-6-4-2/h20-21,60H,3-19,22-59,63H2,1-2H3,(H,66,67)/b21-20-. The van der Waals surface area contributed by atoms with Crippen LogP contribution in [0.2, 0.25) is 0 Å². The normalized spacial score (nSPS) is 13.0. The van der Waals surface area contributed by atoms with E-state index < -0.39 is 26.5 Å². The maximum Gasteiger partial charge on any atom is 0.472 e. The predicted octanol–water partition coefficient (Wildman–Crippen LogP) is 20.0. The Morgan fingerprint density at radius 2 is 0.681 bits per heavy atom. The van der Waals surface area contributed by atoms with E-state index in [9.17, 15) is 19.0 Å². The van der Waals surface area contributed by atoms with Crippen LogP contribution in [0.25, 0.3) is 0 Å². The zero-order valence-corrected chi connectivity index (χ0v) is 48.8. The minimum atomic E-state index is -4.38. The molecule has 0 saturated carbocycles. The SMILES string of the molecule is CCCCCCCCCC/C=C\CCCCCCCCCCCCCCCCCCCCCCCCCCCC(=O)OC(COC(=O)CCCCCCCCCCCCCCCC)COP(=O)(O)OCCN. The van der Waals surface area contributed by atoms with Crippen molar-refractivity contribution in [2.24, 2.45) is 5.73 Å². The Labute approximate surface area is 447 Å². The van der Waals surface area contributed by atoms with Gasteiger partial charge in [-0.1, -0.05) is 302 Å². The molecular weight excluding hydrogens is 918 g/mol. The van der Waals surface area contributed by atoms with Crippen LogP contribution < -0.4 is 5.73 Å². The quantitative estimate of drug-likeness (QED) is 0.0264. The van der Waals surface area contributed by atoms with Crippen molar-refractivity contribution in [1.29, 1.82) is 0 Å². The van der Waals surface area contributed by atoms with Gasteiger partial charge in [-0.2, -0.15) is 0 Å². The van der Waals surface area contributed by atoms with E-state index in [0.717, 1.165) is 32.1 Å². The number of hydrogen-bond acceptors (Lipinski definition) is 8. The monoisotopic (exact) mass is 1040 g/mol. The Morgan fingerprint density at radius 3 is 0.986 bits per heavy atom. The van der Waals surface area contributed by atoms with Gasteiger partial charge in [0.2, 0.25) is 0 Å². The molecule has 0 aromatic heterocycles. The number of nitrogens with two attached hydrogens (primary N) is 1. The van der Waals surface area contributed by atoms with Crippen LogP contribution >= 0.6 is 7.82 Å². The molecule has 0 fully saturated rings. The van der Waals surface area contributed by atoms with Crippen LogP contribution in [0.3, 0.4) is 0 Å². The Hall–Kier alpha value is -1.25. The zero-order valence-electron chi connectivity index (χ0n) is 48.0. The molecule has 0 bridgehead atoms. The van der Waals surface area contributed by atoms with Gasteiger partial charge in [0.15, 0.2) is 6.10 Å². The number of unbranched alkanes of at least 4 members (excludes halogenated alkanes) is 46. The molecule has 72 heavy (non-hydrogen) atoms. The second-order valence-corrected chi connectivity index (χ2v) is 23.1. The molecule has 9 nitrogen and oxygen atoms in total. The van der Waals surface area contributed by atoms with E-state index in [0.29, 0.717) is 6.42 Å². The third-order valence-electron chi connectivity index (χ3n) is 14.4. The van der Waals surface area contributed by atoms with Crippen LogP contribution in [0.15, 0.2) is 12.2 Å². The Morgan fingerprint density at radius 1 is 0.403 bits per heavy atom. The summed E-state index contributed by atoms with van der Waals surface area (Å²) in [5.41, 5.74) is 5.38. The molecule has 428 valence electrons. The van der Waals surface area contributed by atoms with Gasteiger partial charge in [0.1, 0.15) is 6.61 Å². The highest BCUT2D eigenvalue weighted by Crippen LogP contribution is 2.43. The molecule has 0 aliphatic heterocycles. The number of carbonyl (C=O) groups excluding carboxylic acids is 2. The fraction of sp³-hybridized carbons (Fsp3) is 0.935. The summed E-state index contributed by atoms with van der Waals surface area (Å²) in [4.78, 5) is 35.1. The summed E-state index contributed by atoms with van der Waals surface area (Å²) >= 11 is 0. The van der Waals surface area contributed by atoms with E-state index in [1.165, 1.54) is 276 Å². The highest BCUT2D eigenvalue weighted by molar-refractivity contribution is 7.47. The molecule has 3 N–H and O–H groups in total. The summed E-state index contributed by atoms with van der Waals surface area (Å²) in [6, 6.07) is 0. The van der Waals surface area contributed by atoms with Crippen molar-refractivity contribution in [3.05, 3.63) is 12.2 Å². The number of rotatable bonds is 61. The number of ether oxygens (including phenoxy) is 2. The average molecular weight is 1040 g/mol. The van der Waals surface area contributed by atoms with Crippen LogP contribution in [0, 0.1) is 0 Å². The van der Waals surface area contributed by atoms with E-state index >= 15 is 0 Å². The summed E-state index contributed by atoms with van der Waals surface area (Å²) < 4.78 is 33.0. The smallest absolute Gasteiger partial charge is 0.462 e. The fourth-order valence-electron chi connectivity index (χ4n) is 9.69. The van der Waals surface area contributed by atoms with Crippen molar-refractivity contribution in [1.82, 2.24) is 0 Å². The summed E-state index contributed by atoms with van der Waals surface area (Å²) in [5.74, 6) is -0.806. The third kappa shape index (κ3) is 58.0. The van der Waals surface area contributed by atoms with Crippen LogP contribution in [-0.4, -0.2) is 49.3 Å². The van der Waals surface area contributed by atoms with Crippen molar-refractivity contribution in [3.8, 4) is 0 Å². The summed E-state index contributed by atoms with van der Waals surface area (Å²) in [6.45, 7) is 3.80. The van der Waals surface area contributed by atoms with Crippen molar-refractivity contribution in [3.63, 3.8) is 0 Å². The molecular formula is C62H122NO8P. The summed E-state index contributed by atoms with van der Waals surface area (Å²) in [7, 11) is -4.38. The maximum atomic E-state index is 12.7. The van der Waals surface area contributed by atoms with Gasteiger partial charge in [-0.15, -0.1) is 0 Å². The van der Waals surface area contributed by atoms with Gasteiger partial charge in [0.05, 0.1) is 13.2 Å². The molecule has 0 aliphatic carbocycles. The lowest BCUT2D eigenvalue weighted by molar-refractivity contribution is -0.161. The number of carbonyl (C=O) groups is 2. The van der Waals surface area contributed by atoms with E-state index in [1.807, 2.05) is 0 Å². The van der Waals surface area contributed by atoms with Gasteiger partial charge in [-0.25, -0.2) is 4.57 Å². The van der Waals surface area contributed by atoms with Gasteiger partial charge in [0, 0.05) is 19.4 Å². The van der Waals surface area contributed by atoms with Gasteiger partial charge in [0.25, 0.3) is 0 Å². The highest BCUT2D eigenvalue weighted by atomic mass is 31.2. The minimum absolute atomic E-state index is 0.0578. The average Bonchev–Trinajstić information content (AvgIpc) is 3.37. The van der Waals surface area contributed by atoms with Crippen LogP contribution in [0.4, 0.5) is 0 Å². The summed E-state index contributed by atoms with van der Waals surface area (Å²) in [5, 5.41) is 0. The van der Waals surface area contributed by atoms with Gasteiger partial charge < -0.3 is 20.1 Å². The molecule has 0 rings (SSSR count). The lowest BCUT2D eigenvalue weighted by atomic mass is 10.0. The number of phosphoric ester groups is 1. The Kier molecular flexibility index (Phi) is 58.0. The minimum Gasteiger partial charge on any atom is -0.462 e. The number of esters is 2. The van der Waals surface area contributed by atoms with Gasteiger partial charge >= 0.3 is 19.8 Å². The molecule has 0 aromatic rings. The largest absolute Gasteiger partial charge is 0.472 e. The van der Waals surface area contributed by atoms with Crippen molar-refractivity contribution < 1.29 is 37.6 Å². The van der Waals surface area contributed by atoms with Gasteiger partial charge in [-0.05, 0) is 38.5 Å². The molecule has 2 unspecified atom stereocenters. The first-order chi connectivity index (χ1) is 35.3. The van der Waals surface area contributed by atoms with E-state index in [4.69, 9.17) is 24.3 Å². The van der Waals surface area contributed by atoms with E-state index in [-0.39, 0.29) is 38.6 Å². The second-order valence-electron chi connectivity index (χ2n) is 21.6. The van der Waals surface area contributed by atoms with E-state index in [1.54, 1.807) is 0 Å². The van der Waals surface area contributed by atoms with Crippen molar-refractivity contribution >= 4 is 19.8 Å². The second kappa shape index (κ2) is 59.0. The van der Waals surface area contributed by atoms with Crippen LogP contribution in [-0.2, 0) is 32.7 Å². The van der Waals surface area contributed by atoms with E-state index in [2.05, 4.69) is 26.0 Å². The first-order valence-corrected chi connectivity index (χ1v) is 33.2. The molecule has 0 saturated heterocycles. The van der Waals surface area contributed by atoms with Crippen molar-refractivity contribution in [2.75, 3.05) is 26.4 Å². The Bertz CT molecular complexity index is 1190. The van der Waals surface area contributed by atoms with Gasteiger partial charge in [-0.3, -0.25) is 18.6 Å². The first kappa shape index (κ1) is 70.8. The Balaban J connectivity index is 3.73.